The lowest BCUT2D eigenvalue weighted by molar-refractivity contribution is -0.136. The molecule has 0 amide bonds. The van der Waals surface area contributed by atoms with E-state index in [2.05, 4.69) is 16.9 Å². The van der Waals surface area contributed by atoms with Crippen molar-refractivity contribution < 1.29 is 13.2 Å². The number of hydrogen-bond acceptors (Lipinski definition) is 2. The minimum atomic E-state index is -4.57. The van der Waals surface area contributed by atoms with Crippen LogP contribution in [0.25, 0.3) is 10.9 Å². The molecule has 2 N–H and O–H groups in total. The van der Waals surface area contributed by atoms with Crippen LogP contribution < -0.4 is 10.9 Å². The molecule has 1 heterocycles. The molecule has 19 heavy (non-hydrogen) atoms. The van der Waals surface area contributed by atoms with Gasteiger partial charge in [0, 0.05) is 29.2 Å². The summed E-state index contributed by atoms with van der Waals surface area (Å²) in [5.74, 6) is 0. The summed E-state index contributed by atoms with van der Waals surface area (Å²) in [5, 5.41) is 2.86. The second-order valence-electron chi connectivity index (χ2n) is 3.97. The maximum Gasteiger partial charge on any atom is 0.417 e. The van der Waals surface area contributed by atoms with E-state index >= 15 is 0 Å². The number of hydrogen-bond donors (Lipinski definition) is 2. The zero-order valence-electron chi connectivity index (χ0n) is 9.84. The van der Waals surface area contributed by atoms with Crippen LogP contribution in [0.5, 0.6) is 0 Å². The highest BCUT2D eigenvalue weighted by Crippen LogP contribution is 2.34. The Hall–Kier alpha value is -2.24. The number of alkyl halides is 3. The smallest absolute Gasteiger partial charge is 0.382 e. The molecule has 2 rings (SSSR count). The van der Waals surface area contributed by atoms with E-state index in [9.17, 15) is 18.0 Å². The quantitative estimate of drug-likeness (QED) is 0.840. The topological polar surface area (TPSA) is 44.9 Å². The van der Waals surface area contributed by atoms with Crippen LogP contribution in [0.15, 0.2) is 41.7 Å². The number of pyridine rings is 1. The number of rotatable bonds is 3. The number of H-pyrrole nitrogens is 1. The molecule has 3 nitrogen and oxygen atoms in total. The summed E-state index contributed by atoms with van der Waals surface area (Å²) in [6, 6.07) is 4.97. The zero-order valence-corrected chi connectivity index (χ0v) is 9.84. The third kappa shape index (κ3) is 2.78. The highest BCUT2D eigenvalue weighted by atomic mass is 19.4. The lowest BCUT2D eigenvalue weighted by Gasteiger charge is -2.11. The lowest BCUT2D eigenvalue weighted by Crippen LogP contribution is -2.14. The van der Waals surface area contributed by atoms with Crippen LogP contribution in [0.3, 0.4) is 0 Å². The van der Waals surface area contributed by atoms with Gasteiger partial charge in [0.2, 0.25) is 5.56 Å². The Balaban J connectivity index is 2.65. The van der Waals surface area contributed by atoms with E-state index < -0.39 is 17.3 Å². The van der Waals surface area contributed by atoms with Gasteiger partial charge in [-0.05, 0) is 18.2 Å². The Morgan fingerprint density at radius 3 is 2.68 bits per heavy atom. The first-order valence-corrected chi connectivity index (χ1v) is 5.51. The average Bonchev–Trinajstić information content (AvgIpc) is 2.34. The molecule has 0 bridgehead atoms. The highest BCUT2D eigenvalue weighted by molar-refractivity contribution is 5.85. The van der Waals surface area contributed by atoms with E-state index in [-0.39, 0.29) is 10.9 Å². The number of aromatic nitrogens is 1. The maximum absolute atomic E-state index is 12.9. The van der Waals surface area contributed by atoms with Crippen LogP contribution >= 0.6 is 0 Å². The van der Waals surface area contributed by atoms with Gasteiger partial charge in [-0.3, -0.25) is 4.79 Å². The Morgan fingerprint density at radius 2 is 2.05 bits per heavy atom. The van der Waals surface area contributed by atoms with E-state index in [1.807, 2.05) is 0 Å². The van der Waals surface area contributed by atoms with Crippen molar-refractivity contribution in [2.45, 2.75) is 6.18 Å². The summed E-state index contributed by atoms with van der Waals surface area (Å²) < 4.78 is 38.7. The summed E-state index contributed by atoms with van der Waals surface area (Å²) >= 11 is 0. The molecule has 0 aliphatic rings. The molecule has 0 saturated heterocycles. The van der Waals surface area contributed by atoms with Crippen LogP contribution in [0.4, 0.5) is 18.9 Å². The molecule has 0 radical (unpaired) electrons. The summed E-state index contributed by atoms with van der Waals surface area (Å²) in [6.07, 6.45) is -2.97. The van der Waals surface area contributed by atoms with E-state index in [1.165, 1.54) is 12.1 Å². The van der Waals surface area contributed by atoms with Gasteiger partial charge in [0.05, 0.1) is 5.56 Å². The van der Waals surface area contributed by atoms with Crippen molar-refractivity contribution in [3.63, 3.8) is 0 Å². The monoisotopic (exact) mass is 268 g/mol. The molecule has 0 saturated carbocycles. The molecule has 0 aliphatic carbocycles. The number of halogens is 3. The molecule has 0 atom stereocenters. The summed E-state index contributed by atoms with van der Waals surface area (Å²) in [6.45, 7) is 3.96. The van der Waals surface area contributed by atoms with E-state index in [0.717, 1.165) is 0 Å². The first-order chi connectivity index (χ1) is 8.91. The SMILES string of the molecule is C=CCNc1ccc2[nH]c(=O)cc(C(F)(F)F)c2c1. The van der Waals surface area contributed by atoms with Crippen LogP contribution in [0.2, 0.25) is 0 Å². The summed E-state index contributed by atoms with van der Waals surface area (Å²) in [4.78, 5) is 13.6. The number of benzene rings is 1. The van der Waals surface area contributed by atoms with Crippen LogP contribution in [0, 0.1) is 0 Å². The van der Waals surface area contributed by atoms with Gasteiger partial charge in [0.25, 0.3) is 0 Å². The van der Waals surface area contributed by atoms with Crippen molar-refractivity contribution >= 4 is 16.6 Å². The van der Waals surface area contributed by atoms with Gasteiger partial charge >= 0.3 is 6.18 Å². The molecule has 1 aromatic heterocycles. The average molecular weight is 268 g/mol. The summed E-state index contributed by atoms with van der Waals surface area (Å²) in [7, 11) is 0. The van der Waals surface area contributed by atoms with Gasteiger partial charge in [-0.25, -0.2) is 0 Å². The lowest BCUT2D eigenvalue weighted by atomic mass is 10.1. The number of aromatic amines is 1. The molecule has 2 aromatic rings. The molecule has 0 fully saturated rings. The van der Waals surface area contributed by atoms with Gasteiger partial charge in [-0.1, -0.05) is 6.08 Å². The molecule has 0 unspecified atom stereocenters. The molecule has 100 valence electrons. The van der Waals surface area contributed by atoms with Crippen molar-refractivity contribution in [3.05, 3.63) is 52.8 Å². The molecular formula is C13H11F3N2O. The Bertz CT molecular complexity index is 674. The maximum atomic E-state index is 12.9. The predicted molar refractivity (Wildman–Crippen MR) is 68.3 cm³/mol. The number of nitrogens with one attached hydrogen (secondary N) is 2. The second-order valence-corrected chi connectivity index (χ2v) is 3.97. The van der Waals surface area contributed by atoms with Crippen molar-refractivity contribution in [2.24, 2.45) is 0 Å². The Labute approximate surface area is 106 Å². The highest BCUT2D eigenvalue weighted by Gasteiger charge is 2.33. The molecule has 0 spiro atoms. The normalized spacial score (nSPS) is 11.5. The number of anilines is 1. The van der Waals surface area contributed by atoms with Gasteiger partial charge in [-0.2, -0.15) is 13.2 Å². The second kappa shape index (κ2) is 4.79. The molecule has 0 aliphatic heterocycles. The minimum Gasteiger partial charge on any atom is -0.382 e. The fraction of sp³-hybridized carbons (Fsp3) is 0.154. The standard InChI is InChI=1S/C13H11F3N2O/c1-2-5-17-8-3-4-11-9(6-8)10(13(14,15)16)7-12(19)18-11/h2-4,6-7,17H,1,5H2,(H,18,19). The first kappa shape index (κ1) is 13.2. The Kier molecular flexibility index (Phi) is 3.33. The molecule has 6 heteroatoms. The van der Waals surface area contributed by atoms with Crippen molar-refractivity contribution in [1.82, 2.24) is 4.98 Å². The fourth-order valence-electron chi connectivity index (χ4n) is 1.79. The van der Waals surface area contributed by atoms with Gasteiger partial charge in [0.1, 0.15) is 0 Å². The zero-order chi connectivity index (χ0) is 14.0. The fourth-order valence-corrected chi connectivity index (χ4v) is 1.79. The minimum absolute atomic E-state index is 0.0406. The largest absolute Gasteiger partial charge is 0.417 e. The third-order valence-corrected chi connectivity index (χ3v) is 2.60. The first-order valence-electron chi connectivity index (χ1n) is 5.51. The van der Waals surface area contributed by atoms with Crippen LogP contribution in [0.1, 0.15) is 5.56 Å². The molecular weight excluding hydrogens is 257 g/mol. The van der Waals surface area contributed by atoms with Crippen molar-refractivity contribution in [2.75, 3.05) is 11.9 Å². The van der Waals surface area contributed by atoms with Gasteiger partial charge in [-0.15, -0.1) is 6.58 Å². The van der Waals surface area contributed by atoms with E-state index in [1.54, 1.807) is 12.1 Å². The predicted octanol–water partition coefficient (Wildman–Crippen LogP) is 3.14. The van der Waals surface area contributed by atoms with E-state index in [0.29, 0.717) is 18.3 Å². The summed E-state index contributed by atoms with van der Waals surface area (Å²) in [5.41, 5.74) is -1.02. The van der Waals surface area contributed by atoms with Crippen LogP contribution in [-0.2, 0) is 6.18 Å². The number of fused-ring (bicyclic) bond motifs is 1. The van der Waals surface area contributed by atoms with Crippen LogP contribution in [-0.4, -0.2) is 11.5 Å². The van der Waals surface area contributed by atoms with E-state index in [4.69, 9.17) is 0 Å². The van der Waals surface area contributed by atoms with Gasteiger partial charge < -0.3 is 10.3 Å². The molecule has 1 aromatic carbocycles. The third-order valence-electron chi connectivity index (χ3n) is 2.60. The van der Waals surface area contributed by atoms with Crippen molar-refractivity contribution in [1.29, 1.82) is 0 Å². The van der Waals surface area contributed by atoms with Gasteiger partial charge in [0.15, 0.2) is 0 Å². The van der Waals surface area contributed by atoms with Crippen molar-refractivity contribution in [3.8, 4) is 0 Å². The Morgan fingerprint density at radius 1 is 1.32 bits per heavy atom.